The second-order valence-electron chi connectivity index (χ2n) is 6.25. The third-order valence-electron chi connectivity index (χ3n) is 4.55. The molecule has 3 aromatic rings. The fourth-order valence-corrected chi connectivity index (χ4v) is 3.23. The van der Waals surface area contributed by atoms with Crippen molar-refractivity contribution in [2.75, 3.05) is 0 Å². The minimum absolute atomic E-state index is 0.314. The molecule has 0 bridgehead atoms. The molecule has 0 spiro atoms. The van der Waals surface area contributed by atoms with Crippen LogP contribution in [0.3, 0.4) is 0 Å². The maximum absolute atomic E-state index is 4.68. The van der Waals surface area contributed by atoms with E-state index in [0.29, 0.717) is 6.04 Å². The van der Waals surface area contributed by atoms with Gasteiger partial charge in [-0.1, -0.05) is 49.7 Å². The first-order valence-corrected chi connectivity index (χ1v) is 8.42. The van der Waals surface area contributed by atoms with Gasteiger partial charge in [0.05, 0.1) is 6.04 Å². The number of aromatic amines is 1. The molecule has 0 amide bonds. The van der Waals surface area contributed by atoms with E-state index in [1.807, 2.05) is 18.3 Å². The number of hydrogen-bond donors (Lipinski definition) is 1. The van der Waals surface area contributed by atoms with Gasteiger partial charge in [0.15, 0.2) is 11.6 Å². The minimum Gasteiger partial charge on any atom is -0.284 e. The number of H-pyrrole nitrogens is 1. The van der Waals surface area contributed by atoms with Crippen LogP contribution in [0.25, 0.3) is 22.8 Å². The average molecular weight is 316 g/mol. The lowest BCUT2D eigenvalue weighted by Gasteiger charge is -2.08. The molecule has 4 nitrogen and oxygen atoms in total. The maximum atomic E-state index is 4.68. The number of nitrogens with one attached hydrogen (secondary N) is 1. The number of hydrogen-bond acceptors (Lipinski definition) is 3. The minimum atomic E-state index is 0.314. The monoisotopic (exact) mass is 316 g/mol. The number of fused-ring (bicyclic) bond motifs is 1. The van der Waals surface area contributed by atoms with Crippen molar-refractivity contribution >= 4 is 6.21 Å². The molecule has 0 saturated heterocycles. The first kappa shape index (κ1) is 14.8. The van der Waals surface area contributed by atoms with Crippen molar-refractivity contribution in [1.29, 1.82) is 0 Å². The molecule has 4 heteroatoms. The summed E-state index contributed by atoms with van der Waals surface area (Å²) in [5.74, 6) is 1.53. The van der Waals surface area contributed by atoms with Gasteiger partial charge in [0.25, 0.3) is 0 Å². The first-order valence-electron chi connectivity index (χ1n) is 8.42. The zero-order chi connectivity index (χ0) is 16.5. The highest BCUT2D eigenvalue weighted by Gasteiger charge is 2.19. The van der Waals surface area contributed by atoms with Gasteiger partial charge in [0, 0.05) is 17.3 Å². The van der Waals surface area contributed by atoms with Crippen molar-refractivity contribution < 1.29 is 0 Å². The molecule has 1 aliphatic rings. The number of nitrogens with zero attached hydrogens (tertiary/aromatic N) is 3. The summed E-state index contributed by atoms with van der Waals surface area (Å²) in [4.78, 5) is 9.30. The van der Waals surface area contributed by atoms with Crippen LogP contribution in [0.4, 0.5) is 0 Å². The van der Waals surface area contributed by atoms with E-state index in [0.717, 1.165) is 35.6 Å². The number of aryl methyl sites for hydroxylation is 1. The highest BCUT2D eigenvalue weighted by atomic mass is 15.2. The van der Waals surface area contributed by atoms with E-state index in [2.05, 4.69) is 64.4 Å². The van der Waals surface area contributed by atoms with E-state index in [4.69, 9.17) is 0 Å². The van der Waals surface area contributed by atoms with Crippen LogP contribution in [0.5, 0.6) is 0 Å². The Morgan fingerprint density at radius 1 is 1.12 bits per heavy atom. The average Bonchev–Trinajstić information content (AvgIpc) is 3.23. The Morgan fingerprint density at radius 2 is 2.00 bits per heavy atom. The zero-order valence-electron chi connectivity index (χ0n) is 14.0. The summed E-state index contributed by atoms with van der Waals surface area (Å²) in [7, 11) is 0. The van der Waals surface area contributed by atoms with Crippen molar-refractivity contribution in [3.63, 3.8) is 0 Å². The van der Waals surface area contributed by atoms with Crippen LogP contribution in [0.2, 0.25) is 0 Å². The molecule has 1 aliphatic heterocycles. The number of rotatable bonds is 4. The molecule has 2 aromatic carbocycles. The second kappa shape index (κ2) is 6.04. The lowest BCUT2D eigenvalue weighted by atomic mass is 9.98. The Balaban J connectivity index is 1.67. The Bertz CT molecular complexity index is 908. The SMILES string of the molecule is CCCC1N=Cc2cc(-c3n[nH]c(-c4ccccc4C)n3)ccc21. The standard InChI is InChI=1S/C20H20N4/c1-3-6-18-17-10-9-14(11-15(17)12-21-18)19-22-20(24-23-19)16-8-5-4-7-13(16)2/h4-5,7-12,18H,3,6H2,1-2H3,(H,22,23,24). The van der Waals surface area contributed by atoms with Crippen LogP contribution in [0.15, 0.2) is 47.5 Å². The molecule has 0 saturated carbocycles. The lowest BCUT2D eigenvalue weighted by Crippen LogP contribution is -1.93. The second-order valence-corrected chi connectivity index (χ2v) is 6.25. The summed E-state index contributed by atoms with van der Waals surface area (Å²) in [6.07, 6.45) is 4.22. The van der Waals surface area contributed by atoms with E-state index < -0.39 is 0 Å². The van der Waals surface area contributed by atoms with Gasteiger partial charge < -0.3 is 0 Å². The largest absolute Gasteiger partial charge is 0.284 e. The molecule has 1 atom stereocenters. The Kier molecular flexibility index (Phi) is 3.73. The third kappa shape index (κ3) is 2.54. The van der Waals surface area contributed by atoms with E-state index in [9.17, 15) is 0 Å². The van der Waals surface area contributed by atoms with Crippen molar-refractivity contribution in [3.8, 4) is 22.8 Å². The molecule has 120 valence electrons. The molecule has 0 fully saturated rings. The molecule has 2 heterocycles. The summed E-state index contributed by atoms with van der Waals surface area (Å²) in [6.45, 7) is 4.28. The van der Waals surface area contributed by atoms with Crippen LogP contribution in [-0.4, -0.2) is 21.4 Å². The van der Waals surface area contributed by atoms with Crippen LogP contribution in [0, 0.1) is 6.92 Å². The van der Waals surface area contributed by atoms with Gasteiger partial charge >= 0.3 is 0 Å². The molecular weight excluding hydrogens is 296 g/mol. The van der Waals surface area contributed by atoms with Gasteiger partial charge in [-0.3, -0.25) is 10.1 Å². The fraction of sp³-hybridized carbons (Fsp3) is 0.250. The molecule has 1 aromatic heterocycles. The summed E-state index contributed by atoms with van der Waals surface area (Å²) in [6, 6.07) is 14.9. The predicted octanol–water partition coefficient (Wildman–Crippen LogP) is 4.72. The molecule has 4 rings (SSSR count). The summed E-state index contributed by atoms with van der Waals surface area (Å²) in [5, 5.41) is 7.47. The van der Waals surface area contributed by atoms with Crippen LogP contribution in [-0.2, 0) is 0 Å². The van der Waals surface area contributed by atoms with Crippen LogP contribution in [0.1, 0.15) is 42.5 Å². The summed E-state index contributed by atoms with van der Waals surface area (Å²) >= 11 is 0. The normalized spacial score (nSPS) is 15.7. The highest BCUT2D eigenvalue weighted by Crippen LogP contribution is 2.32. The first-order chi connectivity index (χ1) is 11.8. The van der Waals surface area contributed by atoms with E-state index >= 15 is 0 Å². The third-order valence-corrected chi connectivity index (χ3v) is 4.55. The predicted molar refractivity (Wildman–Crippen MR) is 97.2 cm³/mol. The van der Waals surface area contributed by atoms with E-state index in [1.54, 1.807) is 0 Å². The van der Waals surface area contributed by atoms with Crippen molar-refractivity contribution in [3.05, 3.63) is 59.2 Å². The molecule has 1 unspecified atom stereocenters. The van der Waals surface area contributed by atoms with Crippen LogP contribution < -0.4 is 0 Å². The Hall–Kier alpha value is -2.75. The Labute approximate surface area is 141 Å². The van der Waals surface area contributed by atoms with Crippen molar-refractivity contribution in [2.24, 2.45) is 4.99 Å². The zero-order valence-corrected chi connectivity index (χ0v) is 14.0. The quantitative estimate of drug-likeness (QED) is 0.757. The van der Waals surface area contributed by atoms with Gasteiger partial charge in [-0.25, -0.2) is 4.98 Å². The smallest absolute Gasteiger partial charge is 0.181 e. The van der Waals surface area contributed by atoms with Crippen molar-refractivity contribution in [2.45, 2.75) is 32.7 Å². The number of aromatic nitrogens is 3. The van der Waals surface area contributed by atoms with Gasteiger partial charge in [-0.15, -0.1) is 0 Å². The lowest BCUT2D eigenvalue weighted by molar-refractivity contribution is 0.652. The van der Waals surface area contributed by atoms with Gasteiger partial charge in [0.1, 0.15) is 0 Å². The van der Waals surface area contributed by atoms with Gasteiger partial charge in [-0.2, -0.15) is 5.10 Å². The molecule has 0 radical (unpaired) electrons. The molecule has 24 heavy (non-hydrogen) atoms. The van der Waals surface area contributed by atoms with Gasteiger partial charge in [-0.05, 0) is 36.1 Å². The summed E-state index contributed by atoms with van der Waals surface area (Å²) < 4.78 is 0. The number of aliphatic imine (C=N–C) groups is 1. The topological polar surface area (TPSA) is 53.9 Å². The number of benzene rings is 2. The van der Waals surface area contributed by atoms with Gasteiger partial charge in [0.2, 0.25) is 0 Å². The Morgan fingerprint density at radius 3 is 2.83 bits per heavy atom. The molecular formula is C20H20N4. The molecule has 0 aliphatic carbocycles. The van der Waals surface area contributed by atoms with Crippen LogP contribution >= 0.6 is 0 Å². The summed E-state index contributed by atoms with van der Waals surface area (Å²) in [5.41, 5.74) is 5.79. The van der Waals surface area contributed by atoms with E-state index in [1.165, 1.54) is 16.7 Å². The van der Waals surface area contributed by atoms with E-state index in [-0.39, 0.29) is 0 Å². The maximum Gasteiger partial charge on any atom is 0.181 e. The van der Waals surface area contributed by atoms with Crippen molar-refractivity contribution in [1.82, 2.24) is 15.2 Å². The fourth-order valence-electron chi connectivity index (χ4n) is 3.23. The molecule has 1 N–H and O–H groups in total. The highest BCUT2D eigenvalue weighted by molar-refractivity contribution is 5.87.